The molecule has 0 unspecified atom stereocenters. The van der Waals surface area contributed by atoms with Gasteiger partial charge in [-0.15, -0.1) is 11.3 Å². The van der Waals surface area contributed by atoms with Crippen molar-refractivity contribution in [2.24, 2.45) is 4.99 Å². The average Bonchev–Trinajstić information content (AvgIpc) is 3.66. The van der Waals surface area contributed by atoms with Gasteiger partial charge in [-0.05, 0) is 54.8 Å². The number of thiophene rings is 1. The van der Waals surface area contributed by atoms with Crippen LogP contribution in [-0.4, -0.2) is 10.5 Å². The zero-order valence-corrected chi connectivity index (χ0v) is 22.4. The van der Waals surface area contributed by atoms with Crippen molar-refractivity contribution in [3.05, 3.63) is 131 Å². The standard InChI is InChI=1S/C29H20ClN3O3S2/c1-17-25(27(34)32-20-9-3-2-4-10-20)26(23-11-6-14-37-23)33-28(35)24(38-29(33)31-17)16-21-12-13-22(36-21)18-7-5-8-19(30)15-18/h2-16,26H,1H3,(H,32,34)/t26-/m0/s1. The molecule has 9 heteroatoms. The van der Waals surface area contributed by atoms with Crippen LogP contribution in [-0.2, 0) is 4.79 Å². The van der Waals surface area contributed by atoms with E-state index in [9.17, 15) is 9.59 Å². The van der Waals surface area contributed by atoms with E-state index in [0.29, 0.717) is 42.8 Å². The third-order valence-corrected chi connectivity index (χ3v) is 8.26. The molecule has 2 aromatic carbocycles. The van der Waals surface area contributed by atoms with Crippen LogP contribution >= 0.6 is 34.3 Å². The van der Waals surface area contributed by atoms with E-state index in [4.69, 9.17) is 16.0 Å². The molecule has 1 aliphatic rings. The molecule has 0 spiro atoms. The SMILES string of the molecule is CC1=C(C(=O)Nc2ccccc2)[C@H](c2cccs2)n2c(sc(=Cc3ccc(-c4cccc(Cl)c4)o3)c2=O)=N1. The summed E-state index contributed by atoms with van der Waals surface area (Å²) < 4.78 is 8.08. The Bertz CT molecular complexity index is 1870. The zero-order valence-electron chi connectivity index (χ0n) is 20.1. The number of allylic oxidation sites excluding steroid dienone is 1. The van der Waals surface area contributed by atoms with Gasteiger partial charge in [0.05, 0.1) is 15.8 Å². The number of furan rings is 1. The second-order valence-electron chi connectivity index (χ2n) is 8.63. The highest BCUT2D eigenvalue weighted by atomic mass is 35.5. The van der Waals surface area contributed by atoms with Crippen molar-refractivity contribution >= 4 is 51.9 Å². The minimum Gasteiger partial charge on any atom is -0.457 e. The smallest absolute Gasteiger partial charge is 0.271 e. The molecule has 4 heterocycles. The normalized spacial score (nSPS) is 15.3. The van der Waals surface area contributed by atoms with Crippen molar-refractivity contribution in [3.63, 3.8) is 0 Å². The van der Waals surface area contributed by atoms with E-state index in [-0.39, 0.29) is 11.5 Å². The maximum atomic E-state index is 13.8. The Morgan fingerprint density at radius 1 is 1.08 bits per heavy atom. The number of nitrogens with one attached hydrogen (secondary N) is 1. The minimum atomic E-state index is -0.587. The van der Waals surface area contributed by atoms with E-state index in [2.05, 4.69) is 10.3 Å². The molecule has 38 heavy (non-hydrogen) atoms. The summed E-state index contributed by atoms with van der Waals surface area (Å²) in [6, 6.07) is 23.6. The Labute approximate surface area is 230 Å². The lowest BCUT2D eigenvalue weighted by Crippen LogP contribution is -2.40. The van der Waals surface area contributed by atoms with E-state index < -0.39 is 6.04 Å². The van der Waals surface area contributed by atoms with Crippen LogP contribution < -0.4 is 20.2 Å². The molecule has 0 bridgehead atoms. The van der Waals surface area contributed by atoms with Crippen LogP contribution in [0.25, 0.3) is 17.4 Å². The molecule has 1 aliphatic heterocycles. The lowest BCUT2D eigenvalue weighted by molar-refractivity contribution is -0.113. The number of thiazole rings is 1. The molecule has 0 fully saturated rings. The van der Waals surface area contributed by atoms with E-state index in [1.54, 1.807) is 23.6 Å². The summed E-state index contributed by atoms with van der Waals surface area (Å²) >= 11 is 8.89. The van der Waals surface area contributed by atoms with Gasteiger partial charge in [0.1, 0.15) is 17.6 Å². The highest BCUT2D eigenvalue weighted by Crippen LogP contribution is 2.33. The number of carbonyl (C=O) groups excluding carboxylic acids is 1. The quantitative estimate of drug-likeness (QED) is 0.294. The first-order valence-corrected chi connectivity index (χ1v) is 13.8. The van der Waals surface area contributed by atoms with E-state index in [0.717, 1.165) is 10.4 Å². The molecule has 0 radical (unpaired) electrons. The zero-order chi connectivity index (χ0) is 26.2. The number of nitrogens with zero attached hydrogens (tertiary/aromatic N) is 2. The summed E-state index contributed by atoms with van der Waals surface area (Å²) in [6.45, 7) is 1.81. The molecule has 1 atom stereocenters. The molecule has 1 amide bonds. The van der Waals surface area contributed by atoms with Gasteiger partial charge in [0, 0.05) is 27.2 Å². The van der Waals surface area contributed by atoms with Gasteiger partial charge in [-0.2, -0.15) is 0 Å². The molecule has 188 valence electrons. The first-order valence-electron chi connectivity index (χ1n) is 11.8. The lowest BCUT2D eigenvalue weighted by Gasteiger charge is -2.24. The van der Waals surface area contributed by atoms with Crippen molar-refractivity contribution in [3.8, 4) is 11.3 Å². The number of para-hydroxylation sites is 1. The van der Waals surface area contributed by atoms with Crippen molar-refractivity contribution in [1.82, 2.24) is 4.57 Å². The number of rotatable bonds is 5. The number of carbonyl (C=O) groups is 1. The minimum absolute atomic E-state index is 0.231. The Morgan fingerprint density at radius 2 is 1.92 bits per heavy atom. The molecule has 0 aliphatic carbocycles. The van der Waals surface area contributed by atoms with Crippen LogP contribution in [0, 0.1) is 0 Å². The van der Waals surface area contributed by atoms with Gasteiger partial charge in [0.2, 0.25) is 0 Å². The summed E-state index contributed by atoms with van der Waals surface area (Å²) in [7, 11) is 0. The first kappa shape index (κ1) is 24.4. The van der Waals surface area contributed by atoms with Gasteiger partial charge in [0.25, 0.3) is 11.5 Å². The Hall–Kier alpha value is -3.98. The molecule has 6 nitrogen and oxygen atoms in total. The lowest BCUT2D eigenvalue weighted by atomic mass is 10.0. The Morgan fingerprint density at radius 3 is 2.68 bits per heavy atom. The number of hydrogen-bond donors (Lipinski definition) is 1. The largest absolute Gasteiger partial charge is 0.457 e. The monoisotopic (exact) mass is 557 g/mol. The van der Waals surface area contributed by atoms with Gasteiger partial charge in [-0.3, -0.25) is 14.2 Å². The maximum Gasteiger partial charge on any atom is 0.271 e. The highest BCUT2D eigenvalue weighted by molar-refractivity contribution is 7.10. The third kappa shape index (κ3) is 4.58. The number of fused-ring (bicyclic) bond motifs is 1. The second kappa shape index (κ2) is 10.1. The molecule has 3 aromatic heterocycles. The van der Waals surface area contributed by atoms with Crippen LogP contribution in [0.15, 0.2) is 110 Å². The van der Waals surface area contributed by atoms with Crippen LogP contribution in [0.3, 0.4) is 0 Å². The summed E-state index contributed by atoms with van der Waals surface area (Å²) in [5.41, 5.74) is 2.31. The van der Waals surface area contributed by atoms with Gasteiger partial charge in [-0.25, -0.2) is 4.99 Å². The van der Waals surface area contributed by atoms with Gasteiger partial charge in [-0.1, -0.05) is 59.3 Å². The topological polar surface area (TPSA) is 76.6 Å². The van der Waals surface area contributed by atoms with Crippen molar-refractivity contribution < 1.29 is 9.21 Å². The molecular formula is C29H20ClN3O3S2. The third-order valence-electron chi connectivity index (χ3n) is 6.12. The van der Waals surface area contributed by atoms with Gasteiger partial charge < -0.3 is 9.73 Å². The fourth-order valence-corrected chi connectivity index (χ4v) is 6.44. The average molecular weight is 558 g/mol. The molecule has 0 saturated carbocycles. The number of hydrogen-bond acceptors (Lipinski definition) is 6. The maximum absolute atomic E-state index is 13.8. The number of amides is 1. The number of halogens is 1. The summed E-state index contributed by atoms with van der Waals surface area (Å²) in [6.07, 6.45) is 1.71. The summed E-state index contributed by atoms with van der Waals surface area (Å²) in [4.78, 5) is 33.3. The number of anilines is 1. The second-order valence-corrected chi connectivity index (χ2v) is 11.1. The first-order chi connectivity index (χ1) is 18.5. The van der Waals surface area contributed by atoms with Crippen LogP contribution in [0.5, 0.6) is 0 Å². The van der Waals surface area contributed by atoms with Crippen LogP contribution in [0.2, 0.25) is 5.02 Å². The van der Waals surface area contributed by atoms with Gasteiger partial charge in [0.15, 0.2) is 4.80 Å². The van der Waals surface area contributed by atoms with E-state index >= 15 is 0 Å². The Balaban J connectivity index is 1.43. The van der Waals surface area contributed by atoms with Crippen molar-refractivity contribution in [1.29, 1.82) is 0 Å². The highest BCUT2D eigenvalue weighted by Gasteiger charge is 2.33. The van der Waals surface area contributed by atoms with Crippen LogP contribution in [0.1, 0.15) is 23.6 Å². The number of benzene rings is 2. The Kier molecular flexibility index (Phi) is 6.45. The predicted molar refractivity (Wildman–Crippen MR) is 152 cm³/mol. The molecule has 1 N–H and O–H groups in total. The molecule has 6 rings (SSSR count). The summed E-state index contributed by atoms with van der Waals surface area (Å²) in [5.74, 6) is 0.900. The molecular weight excluding hydrogens is 538 g/mol. The van der Waals surface area contributed by atoms with Gasteiger partial charge >= 0.3 is 0 Å². The number of aromatic nitrogens is 1. The fourth-order valence-electron chi connectivity index (χ4n) is 4.40. The predicted octanol–water partition coefficient (Wildman–Crippen LogP) is 5.85. The summed E-state index contributed by atoms with van der Waals surface area (Å²) in [5, 5.41) is 5.51. The molecule has 0 saturated heterocycles. The van der Waals surface area contributed by atoms with E-state index in [1.165, 1.54) is 22.7 Å². The van der Waals surface area contributed by atoms with Crippen molar-refractivity contribution in [2.45, 2.75) is 13.0 Å². The van der Waals surface area contributed by atoms with Crippen LogP contribution in [0.4, 0.5) is 5.69 Å². The van der Waals surface area contributed by atoms with Crippen molar-refractivity contribution in [2.75, 3.05) is 5.32 Å². The fraction of sp³-hybridized carbons (Fsp3) is 0.0690. The molecule has 5 aromatic rings. The van der Waals surface area contributed by atoms with E-state index in [1.807, 2.05) is 78.2 Å².